The lowest BCUT2D eigenvalue weighted by atomic mass is 10.0. The monoisotopic (exact) mass is 345 g/mol. The molecular formula is C16H19N5O2S. The Hall–Kier alpha value is -2.48. The molecule has 126 valence electrons. The second kappa shape index (κ2) is 6.20. The molecule has 0 aromatic carbocycles. The molecule has 1 atom stereocenters. The van der Waals surface area contributed by atoms with Crippen molar-refractivity contribution in [2.45, 2.75) is 26.8 Å². The highest BCUT2D eigenvalue weighted by Crippen LogP contribution is 2.35. The number of hydrogen-bond donors (Lipinski definition) is 2. The maximum absolute atomic E-state index is 11.4. The second-order valence-corrected chi connectivity index (χ2v) is 7.03. The van der Waals surface area contributed by atoms with Crippen molar-refractivity contribution in [3.63, 3.8) is 0 Å². The summed E-state index contributed by atoms with van der Waals surface area (Å²) in [6.07, 6.45) is 5.13. The van der Waals surface area contributed by atoms with Gasteiger partial charge in [0.25, 0.3) is 0 Å². The Bertz CT molecular complexity index is 899. The molecule has 0 radical (unpaired) electrons. The van der Waals surface area contributed by atoms with Crippen molar-refractivity contribution in [1.82, 2.24) is 19.5 Å². The van der Waals surface area contributed by atoms with Gasteiger partial charge in [-0.15, -0.1) is 11.3 Å². The SMILES string of the molecule is Cc1c(C(=O)O)sc2ncnc(N[C@@H](c3nccn3C)C(C)C)c12. The molecule has 3 aromatic rings. The Morgan fingerprint density at radius 3 is 2.67 bits per heavy atom. The normalized spacial score (nSPS) is 12.7. The average Bonchev–Trinajstić information content (AvgIpc) is 3.09. The third kappa shape index (κ3) is 2.73. The molecule has 8 heteroatoms. The number of aromatic nitrogens is 4. The summed E-state index contributed by atoms with van der Waals surface area (Å²) in [6.45, 7) is 6.00. The van der Waals surface area contributed by atoms with Crippen molar-refractivity contribution in [2.24, 2.45) is 13.0 Å². The van der Waals surface area contributed by atoms with Gasteiger partial charge in [-0.25, -0.2) is 19.7 Å². The number of aryl methyl sites for hydroxylation is 2. The Morgan fingerprint density at radius 2 is 2.08 bits per heavy atom. The van der Waals surface area contributed by atoms with E-state index < -0.39 is 5.97 Å². The number of nitrogens with one attached hydrogen (secondary N) is 1. The van der Waals surface area contributed by atoms with E-state index in [0.29, 0.717) is 21.1 Å². The van der Waals surface area contributed by atoms with Gasteiger partial charge < -0.3 is 15.0 Å². The molecule has 0 aliphatic carbocycles. The quantitative estimate of drug-likeness (QED) is 0.737. The summed E-state index contributed by atoms with van der Waals surface area (Å²) in [5.74, 6) is 0.881. The summed E-state index contributed by atoms with van der Waals surface area (Å²) < 4.78 is 1.97. The Balaban J connectivity index is 2.09. The van der Waals surface area contributed by atoms with Gasteiger partial charge in [0.2, 0.25) is 0 Å². The van der Waals surface area contributed by atoms with Crippen LogP contribution in [0.2, 0.25) is 0 Å². The predicted molar refractivity (Wildman–Crippen MR) is 93.5 cm³/mol. The fraction of sp³-hybridized carbons (Fsp3) is 0.375. The molecule has 0 unspecified atom stereocenters. The zero-order chi connectivity index (χ0) is 17.4. The number of carboxylic acids is 1. The van der Waals surface area contributed by atoms with E-state index in [-0.39, 0.29) is 12.0 Å². The van der Waals surface area contributed by atoms with Crippen LogP contribution in [-0.2, 0) is 7.05 Å². The maximum atomic E-state index is 11.4. The minimum Gasteiger partial charge on any atom is -0.477 e. The highest BCUT2D eigenvalue weighted by Gasteiger charge is 2.24. The first-order valence-electron chi connectivity index (χ1n) is 7.61. The van der Waals surface area contributed by atoms with Crippen LogP contribution in [0.15, 0.2) is 18.7 Å². The number of imidazole rings is 1. The van der Waals surface area contributed by atoms with Crippen molar-refractivity contribution >= 4 is 33.3 Å². The number of anilines is 1. The predicted octanol–water partition coefficient (Wildman–Crippen LogP) is 3.24. The molecule has 3 heterocycles. The number of aromatic carboxylic acids is 1. The molecule has 0 aliphatic rings. The van der Waals surface area contributed by atoms with Gasteiger partial charge in [-0.3, -0.25) is 0 Å². The first kappa shape index (κ1) is 16.4. The van der Waals surface area contributed by atoms with Gasteiger partial charge in [-0.2, -0.15) is 0 Å². The number of carbonyl (C=O) groups is 1. The van der Waals surface area contributed by atoms with Crippen LogP contribution >= 0.6 is 11.3 Å². The minimum absolute atomic E-state index is 0.0457. The maximum Gasteiger partial charge on any atom is 0.346 e. The molecule has 7 nitrogen and oxygen atoms in total. The Morgan fingerprint density at radius 1 is 1.33 bits per heavy atom. The van der Waals surface area contributed by atoms with E-state index in [1.54, 1.807) is 13.1 Å². The lowest BCUT2D eigenvalue weighted by Crippen LogP contribution is -2.21. The molecule has 24 heavy (non-hydrogen) atoms. The highest BCUT2D eigenvalue weighted by molar-refractivity contribution is 7.20. The number of fused-ring (bicyclic) bond motifs is 1. The summed E-state index contributed by atoms with van der Waals surface area (Å²) in [4.78, 5) is 25.4. The Kier molecular flexibility index (Phi) is 4.23. The zero-order valence-electron chi connectivity index (χ0n) is 13.9. The van der Waals surface area contributed by atoms with Crippen LogP contribution < -0.4 is 5.32 Å². The van der Waals surface area contributed by atoms with Crippen LogP contribution in [0.3, 0.4) is 0 Å². The van der Waals surface area contributed by atoms with Crippen molar-refractivity contribution in [3.8, 4) is 0 Å². The van der Waals surface area contributed by atoms with Gasteiger partial charge in [0, 0.05) is 19.4 Å². The number of carboxylic acid groups (broad SMARTS) is 1. The molecule has 0 bridgehead atoms. The number of hydrogen-bond acceptors (Lipinski definition) is 6. The molecule has 0 fully saturated rings. The van der Waals surface area contributed by atoms with Gasteiger partial charge in [-0.1, -0.05) is 13.8 Å². The summed E-state index contributed by atoms with van der Waals surface area (Å²) in [5.41, 5.74) is 0.688. The Labute approximate surface area is 143 Å². The first-order valence-corrected chi connectivity index (χ1v) is 8.43. The minimum atomic E-state index is -0.939. The molecule has 0 saturated heterocycles. The second-order valence-electron chi connectivity index (χ2n) is 6.03. The summed E-state index contributed by atoms with van der Waals surface area (Å²) in [7, 11) is 1.95. The van der Waals surface area contributed by atoms with E-state index in [1.165, 1.54) is 17.7 Å². The first-order chi connectivity index (χ1) is 11.4. The van der Waals surface area contributed by atoms with Crippen LogP contribution in [-0.4, -0.2) is 30.6 Å². The van der Waals surface area contributed by atoms with Crippen LogP contribution in [0, 0.1) is 12.8 Å². The van der Waals surface area contributed by atoms with Crippen LogP contribution in [0.4, 0.5) is 5.82 Å². The fourth-order valence-electron chi connectivity index (χ4n) is 2.74. The molecule has 0 spiro atoms. The summed E-state index contributed by atoms with van der Waals surface area (Å²) >= 11 is 1.17. The number of thiophene rings is 1. The third-order valence-corrected chi connectivity index (χ3v) is 5.20. The van der Waals surface area contributed by atoms with Crippen molar-refractivity contribution < 1.29 is 9.90 Å². The lowest BCUT2D eigenvalue weighted by Gasteiger charge is -2.23. The lowest BCUT2D eigenvalue weighted by molar-refractivity contribution is 0.0701. The summed E-state index contributed by atoms with van der Waals surface area (Å²) in [5, 5.41) is 13.5. The number of nitrogens with zero attached hydrogens (tertiary/aromatic N) is 4. The van der Waals surface area contributed by atoms with Gasteiger partial charge in [0.1, 0.15) is 27.7 Å². The molecule has 3 rings (SSSR count). The molecular weight excluding hydrogens is 326 g/mol. The van der Waals surface area contributed by atoms with Gasteiger partial charge in [0.05, 0.1) is 11.4 Å². The van der Waals surface area contributed by atoms with Gasteiger partial charge in [0.15, 0.2) is 0 Å². The highest BCUT2D eigenvalue weighted by atomic mass is 32.1. The smallest absolute Gasteiger partial charge is 0.346 e. The van der Waals surface area contributed by atoms with Crippen molar-refractivity contribution in [1.29, 1.82) is 0 Å². The van der Waals surface area contributed by atoms with Gasteiger partial charge >= 0.3 is 5.97 Å². The molecule has 2 N–H and O–H groups in total. The number of rotatable bonds is 5. The van der Waals surface area contributed by atoms with Crippen molar-refractivity contribution in [3.05, 3.63) is 35.0 Å². The van der Waals surface area contributed by atoms with Crippen molar-refractivity contribution in [2.75, 3.05) is 5.32 Å². The average molecular weight is 345 g/mol. The van der Waals surface area contributed by atoms with E-state index in [1.807, 2.05) is 17.8 Å². The molecule has 0 saturated carbocycles. The molecule has 0 aliphatic heterocycles. The van der Waals surface area contributed by atoms with Crippen LogP contribution in [0.5, 0.6) is 0 Å². The van der Waals surface area contributed by atoms with E-state index >= 15 is 0 Å². The van der Waals surface area contributed by atoms with E-state index in [4.69, 9.17) is 0 Å². The summed E-state index contributed by atoms with van der Waals surface area (Å²) in [6, 6.07) is -0.0457. The van der Waals surface area contributed by atoms with E-state index in [9.17, 15) is 9.90 Å². The molecule has 3 aromatic heterocycles. The third-order valence-electron chi connectivity index (χ3n) is 4.02. The fourth-order valence-corrected chi connectivity index (χ4v) is 3.73. The largest absolute Gasteiger partial charge is 0.477 e. The topological polar surface area (TPSA) is 92.9 Å². The van der Waals surface area contributed by atoms with Crippen LogP contribution in [0.1, 0.15) is 40.9 Å². The van der Waals surface area contributed by atoms with E-state index in [0.717, 1.165) is 11.2 Å². The standard InChI is InChI=1S/C16H19N5O2S/c1-8(2)11(14-17-5-6-21(14)4)20-13-10-9(3)12(16(22)23)24-15(10)19-7-18-13/h5-8,11H,1-4H3,(H,22,23)(H,18,19,20)/t11-/m1/s1. The van der Waals surface area contributed by atoms with Gasteiger partial charge in [-0.05, 0) is 18.4 Å². The zero-order valence-corrected chi connectivity index (χ0v) is 14.8. The molecule has 0 amide bonds. The van der Waals surface area contributed by atoms with E-state index in [2.05, 4.69) is 34.1 Å². The van der Waals surface area contributed by atoms with Crippen LogP contribution in [0.25, 0.3) is 10.2 Å².